The van der Waals surface area contributed by atoms with Crippen LogP contribution in [0.1, 0.15) is 18.5 Å². The van der Waals surface area contributed by atoms with Crippen molar-refractivity contribution in [2.45, 2.75) is 25.5 Å². The zero-order chi connectivity index (χ0) is 14.4. The van der Waals surface area contributed by atoms with Crippen molar-refractivity contribution in [3.05, 3.63) is 30.1 Å². The average Bonchev–Trinajstić information content (AvgIpc) is 2.97. The smallest absolute Gasteiger partial charge is 0.252 e. The van der Waals surface area contributed by atoms with Gasteiger partial charge in [0, 0.05) is 25.9 Å². The number of hydrogen-bond donors (Lipinski definition) is 0. The molecular weight excluding hydrogens is 254 g/mol. The van der Waals surface area contributed by atoms with Gasteiger partial charge in [-0.1, -0.05) is 6.07 Å². The predicted octanol–water partition coefficient (Wildman–Crippen LogP) is 1.15. The summed E-state index contributed by atoms with van der Waals surface area (Å²) in [5, 5.41) is 0. The van der Waals surface area contributed by atoms with Gasteiger partial charge in [0.25, 0.3) is 5.91 Å². The Hall–Kier alpha value is -1.46. The maximum atomic E-state index is 12.5. The van der Waals surface area contributed by atoms with Crippen molar-refractivity contribution in [2.75, 3.05) is 33.8 Å². The van der Waals surface area contributed by atoms with E-state index in [9.17, 15) is 4.79 Å². The summed E-state index contributed by atoms with van der Waals surface area (Å²) < 4.78 is 5.51. The third-order valence-electron chi connectivity index (χ3n) is 3.41. The van der Waals surface area contributed by atoms with Crippen LogP contribution in [-0.2, 0) is 16.1 Å². The first-order valence-corrected chi connectivity index (χ1v) is 7.12. The van der Waals surface area contributed by atoms with Crippen LogP contribution in [0.3, 0.4) is 0 Å². The number of nitrogens with zero attached hydrogens (tertiary/aromatic N) is 3. The summed E-state index contributed by atoms with van der Waals surface area (Å²) in [6.45, 7) is 2.78. The van der Waals surface area contributed by atoms with Crippen LogP contribution in [0, 0.1) is 0 Å². The lowest BCUT2D eigenvalue weighted by Gasteiger charge is -2.26. The molecule has 1 aliphatic heterocycles. The minimum absolute atomic E-state index is 0.0926. The van der Waals surface area contributed by atoms with Crippen LogP contribution >= 0.6 is 0 Å². The molecule has 1 amide bonds. The van der Waals surface area contributed by atoms with Crippen molar-refractivity contribution >= 4 is 5.91 Å². The molecule has 20 heavy (non-hydrogen) atoms. The highest BCUT2D eigenvalue weighted by atomic mass is 16.5. The van der Waals surface area contributed by atoms with Gasteiger partial charge in [0.05, 0.1) is 12.2 Å². The maximum Gasteiger partial charge on any atom is 0.252 e. The molecule has 5 nitrogen and oxygen atoms in total. The Morgan fingerprint density at radius 1 is 1.40 bits per heavy atom. The molecule has 1 atom stereocenters. The first kappa shape index (κ1) is 14.9. The van der Waals surface area contributed by atoms with Crippen LogP contribution < -0.4 is 0 Å². The topological polar surface area (TPSA) is 45.7 Å². The monoisotopic (exact) mass is 277 g/mol. The second-order valence-corrected chi connectivity index (χ2v) is 5.39. The third kappa shape index (κ3) is 4.28. The van der Waals surface area contributed by atoms with E-state index in [2.05, 4.69) is 9.88 Å². The Labute approximate surface area is 120 Å². The number of hydrogen-bond acceptors (Lipinski definition) is 4. The Morgan fingerprint density at radius 2 is 2.25 bits per heavy atom. The quantitative estimate of drug-likeness (QED) is 0.782. The molecule has 2 heterocycles. The fourth-order valence-corrected chi connectivity index (χ4v) is 2.25. The van der Waals surface area contributed by atoms with Crippen LogP contribution in [0.2, 0.25) is 0 Å². The lowest BCUT2D eigenvalue weighted by molar-refractivity contribution is -0.141. The molecule has 5 heteroatoms. The minimum atomic E-state index is -0.263. The van der Waals surface area contributed by atoms with Gasteiger partial charge in [-0.05, 0) is 39.1 Å². The summed E-state index contributed by atoms with van der Waals surface area (Å²) in [5.74, 6) is 0.0926. The number of pyridine rings is 1. The van der Waals surface area contributed by atoms with Gasteiger partial charge in [0.1, 0.15) is 6.10 Å². The Balaban J connectivity index is 2.01. The molecule has 0 bridgehead atoms. The number of ether oxygens (including phenoxy) is 1. The van der Waals surface area contributed by atoms with E-state index in [4.69, 9.17) is 4.74 Å². The molecule has 1 aromatic rings. The van der Waals surface area contributed by atoms with Crippen molar-refractivity contribution in [1.82, 2.24) is 14.8 Å². The standard InChI is InChI=1S/C15H23N3O2/c1-17(2)9-10-18(12-13-6-3-4-8-16-13)15(19)14-7-5-11-20-14/h3-4,6,8,14H,5,7,9-12H2,1-2H3/t14-/m0/s1. The van der Waals surface area contributed by atoms with E-state index in [0.717, 1.165) is 25.1 Å². The molecule has 0 aromatic carbocycles. The summed E-state index contributed by atoms with van der Waals surface area (Å²) in [5.41, 5.74) is 0.914. The van der Waals surface area contributed by atoms with Crippen LogP contribution in [0.25, 0.3) is 0 Å². The van der Waals surface area contributed by atoms with Crippen LogP contribution in [0.4, 0.5) is 0 Å². The lowest BCUT2D eigenvalue weighted by atomic mass is 10.2. The number of aromatic nitrogens is 1. The molecule has 110 valence electrons. The zero-order valence-corrected chi connectivity index (χ0v) is 12.3. The zero-order valence-electron chi connectivity index (χ0n) is 12.3. The van der Waals surface area contributed by atoms with Crippen molar-refractivity contribution in [3.63, 3.8) is 0 Å². The maximum absolute atomic E-state index is 12.5. The summed E-state index contributed by atoms with van der Waals surface area (Å²) >= 11 is 0. The number of carbonyl (C=O) groups is 1. The van der Waals surface area contributed by atoms with Crippen molar-refractivity contribution in [2.24, 2.45) is 0 Å². The van der Waals surface area contributed by atoms with Crippen molar-refractivity contribution < 1.29 is 9.53 Å². The highest BCUT2D eigenvalue weighted by Crippen LogP contribution is 2.16. The molecule has 0 aliphatic carbocycles. The van der Waals surface area contributed by atoms with Crippen molar-refractivity contribution in [3.8, 4) is 0 Å². The van der Waals surface area contributed by atoms with Gasteiger partial charge < -0.3 is 14.5 Å². The van der Waals surface area contributed by atoms with Crippen LogP contribution in [0.15, 0.2) is 24.4 Å². The van der Waals surface area contributed by atoms with Crippen LogP contribution in [0.5, 0.6) is 0 Å². The number of amides is 1. The molecule has 2 rings (SSSR count). The van der Waals surface area contributed by atoms with E-state index in [1.54, 1.807) is 6.20 Å². The van der Waals surface area contributed by atoms with E-state index < -0.39 is 0 Å². The highest BCUT2D eigenvalue weighted by Gasteiger charge is 2.28. The second kappa shape index (κ2) is 7.36. The molecule has 0 saturated carbocycles. The molecule has 1 fully saturated rings. The summed E-state index contributed by atoms with van der Waals surface area (Å²) in [6, 6.07) is 5.78. The van der Waals surface area contributed by atoms with Gasteiger partial charge in [-0.3, -0.25) is 9.78 Å². The summed E-state index contributed by atoms with van der Waals surface area (Å²) in [6.07, 6.45) is 3.30. The van der Waals surface area contributed by atoms with Gasteiger partial charge >= 0.3 is 0 Å². The normalized spacial score (nSPS) is 18.4. The SMILES string of the molecule is CN(C)CCN(Cc1ccccn1)C(=O)[C@@H]1CCCO1. The molecule has 1 aromatic heterocycles. The van der Waals surface area contributed by atoms with Gasteiger partial charge in [-0.15, -0.1) is 0 Å². The predicted molar refractivity (Wildman–Crippen MR) is 77.2 cm³/mol. The van der Waals surface area contributed by atoms with E-state index in [1.807, 2.05) is 37.2 Å². The van der Waals surface area contributed by atoms with Gasteiger partial charge in [-0.2, -0.15) is 0 Å². The second-order valence-electron chi connectivity index (χ2n) is 5.39. The van der Waals surface area contributed by atoms with E-state index in [1.165, 1.54) is 0 Å². The fourth-order valence-electron chi connectivity index (χ4n) is 2.25. The number of carbonyl (C=O) groups excluding carboxylic acids is 1. The minimum Gasteiger partial charge on any atom is -0.368 e. The average molecular weight is 277 g/mol. The Morgan fingerprint density at radius 3 is 2.85 bits per heavy atom. The molecule has 1 saturated heterocycles. The first-order valence-electron chi connectivity index (χ1n) is 7.12. The Kier molecular flexibility index (Phi) is 5.49. The molecule has 0 radical (unpaired) electrons. The van der Waals surface area contributed by atoms with E-state index in [0.29, 0.717) is 19.7 Å². The largest absolute Gasteiger partial charge is 0.368 e. The molecule has 0 spiro atoms. The van der Waals surface area contributed by atoms with Crippen LogP contribution in [-0.4, -0.2) is 60.6 Å². The number of likely N-dealkylation sites (N-methyl/N-ethyl adjacent to an activating group) is 1. The summed E-state index contributed by atoms with van der Waals surface area (Å²) in [7, 11) is 4.02. The van der Waals surface area contributed by atoms with E-state index in [-0.39, 0.29) is 12.0 Å². The first-order chi connectivity index (χ1) is 9.66. The molecule has 0 unspecified atom stereocenters. The molecular formula is C15H23N3O2. The Bertz CT molecular complexity index is 416. The third-order valence-corrected chi connectivity index (χ3v) is 3.41. The van der Waals surface area contributed by atoms with Crippen molar-refractivity contribution in [1.29, 1.82) is 0 Å². The number of rotatable bonds is 6. The van der Waals surface area contributed by atoms with Gasteiger partial charge in [0.15, 0.2) is 0 Å². The van der Waals surface area contributed by atoms with E-state index >= 15 is 0 Å². The highest BCUT2D eigenvalue weighted by molar-refractivity contribution is 5.81. The molecule has 0 N–H and O–H groups in total. The fraction of sp³-hybridized carbons (Fsp3) is 0.600. The molecule has 1 aliphatic rings. The summed E-state index contributed by atoms with van der Waals surface area (Å²) in [4.78, 5) is 20.8. The van der Waals surface area contributed by atoms with Gasteiger partial charge in [-0.25, -0.2) is 0 Å². The lowest BCUT2D eigenvalue weighted by Crippen LogP contribution is -2.42. The van der Waals surface area contributed by atoms with Gasteiger partial charge in [0.2, 0.25) is 0 Å².